The summed E-state index contributed by atoms with van der Waals surface area (Å²) in [5.41, 5.74) is 3.64. The Morgan fingerprint density at radius 1 is 1.00 bits per heavy atom. The SMILES string of the molecule is O=C(O)[N@@+]1([C@H]2CN3CCC2CC3)CCc2ccccc2[C@H]1c1ccccc1. The van der Waals surface area contributed by atoms with Gasteiger partial charge in [-0.25, -0.2) is 4.48 Å². The fraction of sp³-hybridized carbons (Fsp3) is 0.435. The van der Waals surface area contributed by atoms with Gasteiger partial charge in [-0.2, -0.15) is 4.79 Å². The molecule has 2 aromatic carbocycles. The molecule has 6 rings (SSSR count). The molecule has 0 unspecified atom stereocenters. The van der Waals surface area contributed by atoms with Crippen LogP contribution in [0.25, 0.3) is 0 Å². The number of hydrogen-bond donors (Lipinski definition) is 1. The van der Waals surface area contributed by atoms with E-state index in [4.69, 9.17) is 0 Å². The van der Waals surface area contributed by atoms with E-state index in [0.29, 0.717) is 12.5 Å². The Hall–Kier alpha value is -2.17. The van der Waals surface area contributed by atoms with E-state index in [9.17, 15) is 9.90 Å². The van der Waals surface area contributed by atoms with Crippen LogP contribution in [0.1, 0.15) is 35.6 Å². The number of hydrogen-bond acceptors (Lipinski definition) is 2. The Morgan fingerprint density at radius 2 is 1.70 bits per heavy atom. The van der Waals surface area contributed by atoms with Crippen molar-refractivity contribution in [3.8, 4) is 0 Å². The minimum atomic E-state index is -0.655. The first-order chi connectivity index (χ1) is 13.2. The standard InChI is InChI=1S/C23H26N2O2/c26-23(27)25(21-16-24-13-10-18(21)11-14-24)15-12-17-6-4-5-9-20(17)22(25)19-7-2-1-3-8-19/h1-9,18,21-22H,10-16H2/p+1/t21-,22+,25+/m0/s1. The number of nitrogens with zero attached hydrogens (tertiary/aromatic N) is 2. The Labute approximate surface area is 160 Å². The maximum atomic E-state index is 13.0. The van der Waals surface area contributed by atoms with Crippen molar-refractivity contribution in [2.45, 2.75) is 31.3 Å². The number of carboxylic acid groups (broad SMARTS) is 1. The fourth-order valence-electron chi connectivity index (χ4n) is 5.95. The molecule has 2 aromatic rings. The minimum Gasteiger partial charge on any atom is -0.435 e. The normalized spacial score (nSPS) is 34.8. The highest BCUT2D eigenvalue weighted by molar-refractivity contribution is 5.59. The van der Waals surface area contributed by atoms with Crippen LogP contribution >= 0.6 is 0 Å². The number of fused-ring (bicyclic) bond motifs is 4. The summed E-state index contributed by atoms with van der Waals surface area (Å²) in [5, 5.41) is 10.7. The summed E-state index contributed by atoms with van der Waals surface area (Å²) in [6.45, 7) is 3.87. The summed E-state index contributed by atoms with van der Waals surface area (Å²) in [7, 11) is 0. The zero-order valence-electron chi connectivity index (χ0n) is 15.6. The maximum Gasteiger partial charge on any atom is 0.514 e. The van der Waals surface area contributed by atoms with Crippen molar-refractivity contribution in [2.24, 2.45) is 5.92 Å². The Balaban J connectivity index is 1.70. The van der Waals surface area contributed by atoms with Crippen LogP contribution in [-0.2, 0) is 6.42 Å². The van der Waals surface area contributed by atoms with Crippen molar-refractivity contribution in [3.05, 3.63) is 71.3 Å². The third-order valence-corrected chi connectivity index (χ3v) is 7.25. The molecule has 3 fully saturated rings. The minimum absolute atomic E-state index is 0.126. The predicted molar refractivity (Wildman–Crippen MR) is 105 cm³/mol. The number of carbonyl (C=O) groups is 1. The molecule has 4 nitrogen and oxygen atoms in total. The van der Waals surface area contributed by atoms with Crippen LogP contribution < -0.4 is 0 Å². The van der Waals surface area contributed by atoms with E-state index in [2.05, 4.69) is 41.3 Å². The molecule has 1 N–H and O–H groups in total. The van der Waals surface area contributed by atoms with Gasteiger partial charge in [0.15, 0.2) is 6.04 Å². The lowest BCUT2D eigenvalue weighted by atomic mass is 9.77. The van der Waals surface area contributed by atoms with Crippen molar-refractivity contribution in [3.63, 3.8) is 0 Å². The average Bonchev–Trinajstić information content (AvgIpc) is 2.74. The lowest BCUT2D eigenvalue weighted by Gasteiger charge is -2.55. The first-order valence-corrected chi connectivity index (χ1v) is 10.2. The van der Waals surface area contributed by atoms with E-state index in [1.807, 2.05) is 18.2 Å². The number of amides is 1. The molecule has 4 heterocycles. The Morgan fingerprint density at radius 3 is 2.37 bits per heavy atom. The van der Waals surface area contributed by atoms with Crippen molar-refractivity contribution >= 4 is 6.09 Å². The Kier molecular flexibility index (Phi) is 4.06. The lowest BCUT2D eigenvalue weighted by Crippen LogP contribution is -2.71. The third kappa shape index (κ3) is 2.54. The van der Waals surface area contributed by atoms with Gasteiger partial charge in [0.05, 0.1) is 13.1 Å². The molecular weight excluding hydrogens is 336 g/mol. The van der Waals surface area contributed by atoms with Crippen molar-refractivity contribution in [1.29, 1.82) is 0 Å². The van der Waals surface area contributed by atoms with E-state index in [1.165, 1.54) is 11.1 Å². The van der Waals surface area contributed by atoms with Gasteiger partial charge in [0, 0.05) is 23.5 Å². The highest BCUT2D eigenvalue weighted by atomic mass is 16.4. The molecule has 3 saturated heterocycles. The number of quaternary nitrogens is 1. The van der Waals surface area contributed by atoms with Gasteiger partial charge >= 0.3 is 6.09 Å². The van der Waals surface area contributed by atoms with Gasteiger partial charge < -0.3 is 5.11 Å². The van der Waals surface area contributed by atoms with Gasteiger partial charge in [-0.15, -0.1) is 0 Å². The van der Waals surface area contributed by atoms with Gasteiger partial charge in [-0.05, 0) is 31.5 Å². The van der Waals surface area contributed by atoms with Crippen LogP contribution in [0.15, 0.2) is 54.6 Å². The molecule has 1 amide bonds. The summed E-state index contributed by atoms with van der Waals surface area (Å²) >= 11 is 0. The number of benzene rings is 2. The molecule has 4 aliphatic rings. The molecular formula is C23H27N2O2+. The second kappa shape index (κ2) is 6.47. The lowest BCUT2D eigenvalue weighted by molar-refractivity contribution is -0.914. The summed E-state index contributed by atoms with van der Waals surface area (Å²) in [6.07, 6.45) is 2.47. The summed E-state index contributed by atoms with van der Waals surface area (Å²) in [6, 6.07) is 18.8. The van der Waals surface area contributed by atoms with Crippen LogP contribution in [0.5, 0.6) is 0 Å². The van der Waals surface area contributed by atoms with E-state index in [1.54, 1.807) is 0 Å². The summed E-state index contributed by atoms with van der Waals surface area (Å²) in [4.78, 5) is 15.5. The highest BCUT2D eigenvalue weighted by Crippen LogP contribution is 2.47. The molecule has 140 valence electrons. The van der Waals surface area contributed by atoms with Gasteiger partial charge in [0.25, 0.3) is 0 Å². The zero-order chi connectivity index (χ0) is 18.4. The third-order valence-electron chi connectivity index (χ3n) is 7.25. The molecule has 0 aromatic heterocycles. The van der Waals surface area contributed by atoms with Gasteiger partial charge in [0.2, 0.25) is 0 Å². The number of piperidine rings is 3. The molecule has 0 radical (unpaired) electrons. The highest BCUT2D eigenvalue weighted by Gasteiger charge is 2.58. The van der Waals surface area contributed by atoms with Crippen LogP contribution in [-0.4, -0.2) is 52.8 Å². The molecule has 4 aliphatic heterocycles. The van der Waals surface area contributed by atoms with Crippen LogP contribution in [0.2, 0.25) is 0 Å². The fourth-order valence-corrected chi connectivity index (χ4v) is 5.95. The van der Waals surface area contributed by atoms with E-state index in [-0.39, 0.29) is 16.6 Å². The zero-order valence-corrected chi connectivity index (χ0v) is 15.6. The van der Waals surface area contributed by atoms with Gasteiger partial charge in [-0.3, -0.25) is 4.90 Å². The largest absolute Gasteiger partial charge is 0.514 e. The molecule has 0 aliphatic carbocycles. The summed E-state index contributed by atoms with van der Waals surface area (Å²) in [5.74, 6) is 0.516. The van der Waals surface area contributed by atoms with E-state index < -0.39 is 6.09 Å². The second-order valence-electron chi connectivity index (χ2n) is 8.40. The topological polar surface area (TPSA) is 40.5 Å². The Bertz CT molecular complexity index is 844. The van der Waals surface area contributed by atoms with Crippen molar-refractivity contribution < 1.29 is 14.4 Å². The maximum absolute atomic E-state index is 13.0. The molecule has 0 saturated carbocycles. The monoisotopic (exact) mass is 363 g/mol. The van der Waals surface area contributed by atoms with Crippen LogP contribution in [0.3, 0.4) is 0 Å². The second-order valence-corrected chi connectivity index (χ2v) is 8.40. The smallest absolute Gasteiger partial charge is 0.435 e. The molecule has 2 bridgehead atoms. The van der Waals surface area contributed by atoms with Crippen molar-refractivity contribution in [2.75, 3.05) is 26.2 Å². The van der Waals surface area contributed by atoms with Crippen LogP contribution in [0, 0.1) is 5.92 Å². The average molecular weight is 363 g/mol. The van der Waals surface area contributed by atoms with E-state index in [0.717, 1.165) is 44.5 Å². The molecule has 4 heteroatoms. The number of rotatable bonds is 2. The van der Waals surface area contributed by atoms with Gasteiger partial charge in [0.1, 0.15) is 6.04 Å². The quantitative estimate of drug-likeness (QED) is 0.822. The van der Waals surface area contributed by atoms with Crippen LogP contribution in [0.4, 0.5) is 4.79 Å². The molecule has 27 heavy (non-hydrogen) atoms. The van der Waals surface area contributed by atoms with E-state index >= 15 is 0 Å². The first-order valence-electron chi connectivity index (χ1n) is 10.2. The summed E-state index contributed by atoms with van der Waals surface area (Å²) < 4.78 is 0.169. The first kappa shape index (κ1) is 17.0. The van der Waals surface area contributed by atoms with Crippen molar-refractivity contribution in [1.82, 2.24) is 4.90 Å². The molecule has 0 spiro atoms. The molecule has 3 atom stereocenters. The predicted octanol–water partition coefficient (Wildman–Crippen LogP) is 3.92. The van der Waals surface area contributed by atoms with Gasteiger partial charge in [-0.1, -0.05) is 54.6 Å².